The minimum atomic E-state index is 0.691. The molecule has 0 radical (unpaired) electrons. The van der Waals surface area contributed by atoms with Crippen molar-refractivity contribution in [1.29, 1.82) is 0 Å². The summed E-state index contributed by atoms with van der Waals surface area (Å²) in [6, 6.07) is 0. The Bertz CT molecular complexity index is 412. The topological polar surface area (TPSA) is 29.9 Å². The molecule has 1 atom stereocenters. The third-order valence-corrected chi connectivity index (χ3v) is 4.77. The first-order valence-corrected chi connectivity index (χ1v) is 9.27. The maximum absolute atomic E-state index is 4.72. The summed E-state index contributed by atoms with van der Waals surface area (Å²) in [7, 11) is 0. The van der Waals surface area contributed by atoms with Gasteiger partial charge in [-0.05, 0) is 67.0 Å². The number of hydrogen-bond acceptors (Lipinski definition) is 2. The number of nitrogens with zero attached hydrogens (tertiary/aromatic N) is 2. The molecule has 4 heteroatoms. The first kappa shape index (κ1) is 18.7. The van der Waals surface area contributed by atoms with Crippen molar-refractivity contribution in [1.82, 2.24) is 15.1 Å². The zero-order valence-corrected chi connectivity index (χ0v) is 16.0. The van der Waals surface area contributed by atoms with E-state index in [0.29, 0.717) is 11.8 Å². The Morgan fingerprint density at radius 3 is 2.43 bits per heavy atom. The van der Waals surface area contributed by atoms with Gasteiger partial charge in [0.2, 0.25) is 0 Å². The van der Waals surface area contributed by atoms with E-state index >= 15 is 0 Å². The molecule has 3 nitrogen and oxygen atoms in total. The van der Waals surface area contributed by atoms with Crippen LogP contribution in [0.5, 0.6) is 0 Å². The lowest BCUT2D eigenvalue weighted by Gasteiger charge is -2.19. The molecule has 1 heterocycles. The SMILES string of the molecule is CCCC(CNCC(C)C)Cc1c(Br)c(CC)nn1CC. The van der Waals surface area contributed by atoms with E-state index in [-0.39, 0.29) is 0 Å². The number of rotatable bonds is 10. The summed E-state index contributed by atoms with van der Waals surface area (Å²) < 4.78 is 3.41. The van der Waals surface area contributed by atoms with Gasteiger partial charge in [0.15, 0.2) is 0 Å². The average molecular weight is 358 g/mol. The van der Waals surface area contributed by atoms with Crippen LogP contribution in [-0.4, -0.2) is 22.9 Å². The molecular formula is C17H32BrN3. The van der Waals surface area contributed by atoms with E-state index in [9.17, 15) is 0 Å². The summed E-state index contributed by atoms with van der Waals surface area (Å²) in [5, 5.41) is 8.34. The molecule has 0 aromatic carbocycles. The molecule has 0 amide bonds. The van der Waals surface area contributed by atoms with Crippen LogP contribution in [-0.2, 0) is 19.4 Å². The molecule has 0 saturated heterocycles. The quantitative estimate of drug-likeness (QED) is 0.670. The summed E-state index contributed by atoms with van der Waals surface area (Å²) in [5.41, 5.74) is 2.57. The molecule has 1 rings (SSSR count). The van der Waals surface area contributed by atoms with Gasteiger partial charge in [-0.25, -0.2) is 0 Å². The second kappa shape index (κ2) is 9.62. The molecular weight excluding hydrogens is 326 g/mol. The lowest BCUT2D eigenvalue weighted by molar-refractivity contribution is 0.409. The standard InChI is InChI=1S/C17H32BrN3/c1-6-9-14(12-19-11-13(4)5)10-16-17(18)15(7-2)20-21(16)8-3/h13-14,19H,6-12H2,1-5H3. The van der Waals surface area contributed by atoms with Crippen LogP contribution < -0.4 is 5.32 Å². The summed E-state index contributed by atoms with van der Waals surface area (Å²) in [5.74, 6) is 1.41. The lowest BCUT2D eigenvalue weighted by atomic mass is 9.97. The minimum Gasteiger partial charge on any atom is -0.316 e. The molecule has 0 aliphatic rings. The van der Waals surface area contributed by atoms with E-state index in [1.807, 2.05) is 0 Å². The van der Waals surface area contributed by atoms with Gasteiger partial charge in [0.25, 0.3) is 0 Å². The van der Waals surface area contributed by atoms with Gasteiger partial charge in [0, 0.05) is 6.54 Å². The molecule has 0 spiro atoms. The summed E-state index contributed by atoms with van der Waals surface area (Å²) in [6.45, 7) is 14.3. The molecule has 0 fully saturated rings. The molecule has 0 saturated carbocycles. The Morgan fingerprint density at radius 1 is 1.19 bits per heavy atom. The highest BCUT2D eigenvalue weighted by Crippen LogP contribution is 2.26. The van der Waals surface area contributed by atoms with Gasteiger partial charge in [0.05, 0.1) is 15.9 Å². The third kappa shape index (κ3) is 5.74. The van der Waals surface area contributed by atoms with Crippen LogP contribution in [0.4, 0.5) is 0 Å². The van der Waals surface area contributed by atoms with Crippen molar-refractivity contribution < 1.29 is 0 Å². The molecule has 0 aliphatic carbocycles. The molecule has 1 aromatic heterocycles. The zero-order valence-electron chi connectivity index (χ0n) is 14.4. The van der Waals surface area contributed by atoms with E-state index in [1.54, 1.807) is 0 Å². The maximum atomic E-state index is 4.72. The van der Waals surface area contributed by atoms with E-state index in [1.165, 1.54) is 28.7 Å². The van der Waals surface area contributed by atoms with E-state index in [0.717, 1.165) is 32.5 Å². The number of aromatic nitrogens is 2. The lowest BCUT2D eigenvalue weighted by Crippen LogP contribution is -2.28. The second-order valence-electron chi connectivity index (χ2n) is 6.29. The van der Waals surface area contributed by atoms with Crippen LogP contribution in [0.2, 0.25) is 0 Å². The van der Waals surface area contributed by atoms with Gasteiger partial charge in [-0.2, -0.15) is 5.10 Å². The van der Waals surface area contributed by atoms with Crippen LogP contribution in [0.25, 0.3) is 0 Å². The molecule has 0 bridgehead atoms. The third-order valence-electron chi connectivity index (χ3n) is 3.86. The number of nitrogens with one attached hydrogen (secondary N) is 1. The molecule has 1 aromatic rings. The minimum absolute atomic E-state index is 0.691. The highest BCUT2D eigenvalue weighted by atomic mass is 79.9. The van der Waals surface area contributed by atoms with Gasteiger partial charge >= 0.3 is 0 Å². The highest BCUT2D eigenvalue weighted by Gasteiger charge is 2.18. The van der Waals surface area contributed by atoms with Crippen molar-refractivity contribution in [3.63, 3.8) is 0 Å². The summed E-state index contributed by atoms with van der Waals surface area (Å²) in [4.78, 5) is 0. The van der Waals surface area contributed by atoms with Crippen LogP contribution in [0.3, 0.4) is 0 Å². The smallest absolute Gasteiger partial charge is 0.0766 e. The fraction of sp³-hybridized carbons (Fsp3) is 0.824. The maximum Gasteiger partial charge on any atom is 0.0766 e. The first-order chi connectivity index (χ1) is 10.0. The zero-order chi connectivity index (χ0) is 15.8. The van der Waals surface area contributed by atoms with E-state index in [2.05, 4.69) is 60.5 Å². The van der Waals surface area contributed by atoms with Crippen molar-refractivity contribution in [3.8, 4) is 0 Å². The van der Waals surface area contributed by atoms with Gasteiger partial charge in [-0.3, -0.25) is 4.68 Å². The Morgan fingerprint density at radius 2 is 1.90 bits per heavy atom. The van der Waals surface area contributed by atoms with Gasteiger partial charge < -0.3 is 5.32 Å². The molecule has 122 valence electrons. The van der Waals surface area contributed by atoms with Crippen molar-refractivity contribution in [2.75, 3.05) is 13.1 Å². The Hall–Kier alpha value is -0.350. The fourth-order valence-electron chi connectivity index (χ4n) is 2.75. The van der Waals surface area contributed by atoms with Gasteiger partial charge in [-0.15, -0.1) is 0 Å². The molecule has 21 heavy (non-hydrogen) atoms. The Balaban J connectivity index is 2.75. The number of hydrogen-bond donors (Lipinski definition) is 1. The van der Waals surface area contributed by atoms with Crippen molar-refractivity contribution in [2.45, 2.75) is 66.8 Å². The summed E-state index contributed by atoms with van der Waals surface area (Å²) >= 11 is 3.77. The van der Waals surface area contributed by atoms with Crippen LogP contribution in [0.1, 0.15) is 58.8 Å². The monoisotopic (exact) mass is 357 g/mol. The normalized spacial score (nSPS) is 13.1. The second-order valence-corrected chi connectivity index (χ2v) is 7.08. The predicted molar refractivity (Wildman–Crippen MR) is 94.8 cm³/mol. The van der Waals surface area contributed by atoms with Gasteiger partial charge in [-0.1, -0.05) is 34.1 Å². The van der Waals surface area contributed by atoms with Gasteiger partial charge in [0.1, 0.15) is 0 Å². The highest BCUT2D eigenvalue weighted by molar-refractivity contribution is 9.10. The Kier molecular flexibility index (Phi) is 8.57. The predicted octanol–water partition coefficient (Wildman–Crippen LogP) is 4.43. The fourth-order valence-corrected chi connectivity index (χ4v) is 3.47. The number of aryl methyl sites for hydroxylation is 2. The summed E-state index contributed by atoms with van der Waals surface area (Å²) in [6.07, 6.45) is 4.62. The van der Waals surface area contributed by atoms with E-state index < -0.39 is 0 Å². The average Bonchev–Trinajstić information content (AvgIpc) is 2.75. The molecule has 1 N–H and O–H groups in total. The van der Waals surface area contributed by atoms with E-state index in [4.69, 9.17) is 5.10 Å². The largest absolute Gasteiger partial charge is 0.316 e. The van der Waals surface area contributed by atoms with Crippen molar-refractivity contribution in [3.05, 3.63) is 15.9 Å². The van der Waals surface area contributed by atoms with Crippen LogP contribution >= 0.6 is 15.9 Å². The molecule has 0 aliphatic heterocycles. The van der Waals surface area contributed by atoms with Crippen molar-refractivity contribution >= 4 is 15.9 Å². The van der Waals surface area contributed by atoms with Crippen LogP contribution in [0.15, 0.2) is 4.47 Å². The van der Waals surface area contributed by atoms with Crippen molar-refractivity contribution in [2.24, 2.45) is 11.8 Å². The number of halogens is 1. The first-order valence-electron chi connectivity index (χ1n) is 8.48. The molecule has 1 unspecified atom stereocenters. The Labute approximate surface area is 139 Å². The van der Waals surface area contributed by atoms with Crippen LogP contribution in [0, 0.1) is 11.8 Å².